The van der Waals surface area contributed by atoms with Crippen molar-refractivity contribution in [3.05, 3.63) is 64.2 Å². The third kappa shape index (κ3) is 5.79. The van der Waals surface area contributed by atoms with Crippen LogP contribution in [0.15, 0.2) is 58.6 Å². The molecule has 2 saturated heterocycles. The van der Waals surface area contributed by atoms with Crippen molar-refractivity contribution in [2.45, 2.75) is 13.8 Å². The fraction of sp³-hybridized carbons (Fsp3) is 0.259. The molecular formula is C27H26ClN5O3S. The van der Waals surface area contributed by atoms with Crippen LogP contribution in [0.2, 0.25) is 5.02 Å². The highest BCUT2D eigenvalue weighted by Gasteiger charge is 2.24. The van der Waals surface area contributed by atoms with Crippen molar-refractivity contribution in [2.75, 3.05) is 36.5 Å². The predicted octanol–water partition coefficient (Wildman–Crippen LogP) is 5.21. The number of amidine groups is 1. The minimum Gasteiger partial charge on any atom is -0.378 e. The summed E-state index contributed by atoms with van der Waals surface area (Å²) in [6.45, 7) is 6.69. The number of halogens is 1. The number of carbonyl (C=O) groups is 2. The number of thioether (sulfide) groups is 1. The minimum absolute atomic E-state index is 0.1000. The predicted molar refractivity (Wildman–Crippen MR) is 151 cm³/mol. The molecule has 0 saturated carbocycles. The Hall–Kier alpha value is -3.40. The minimum atomic E-state index is -0.233. The normalized spacial score (nSPS) is 18.2. The van der Waals surface area contributed by atoms with E-state index in [4.69, 9.17) is 16.3 Å². The smallest absolute Gasteiger partial charge is 0.264 e. The van der Waals surface area contributed by atoms with E-state index in [0.29, 0.717) is 39.7 Å². The van der Waals surface area contributed by atoms with Crippen molar-refractivity contribution >= 4 is 74.4 Å². The topological polar surface area (TPSA) is 95.9 Å². The molecular weight excluding hydrogens is 510 g/mol. The number of rotatable bonds is 5. The Bertz CT molecular complexity index is 1430. The second kappa shape index (κ2) is 10.9. The average Bonchev–Trinajstić information content (AvgIpc) is 3.24. The highest BCUT2D eigenvalue weighted by Crippen LogP contribution is 2.34. The molecule has 2 aromatic carbocycles. The number of fused-ring (bicyclic) bond motifs is 1. The van der Waals surface area contributed by atoms with E-state index in [1.54, 1.807) is 18.2 Å². The van der Waals surface area contributed by atoms with Gasteiger partial charge in [0.2, 0.25) is 5.91 Å². The largest absolute Gasteiger partial charge is 0.378 e. The van der Waals surface area contributed by atoms with E-state index in [1.807, 2.05) is 44.3 Å². The number of morpholine rings is 1. The van der Waals surface area contributed by atoms with Crippen LogP contribution in [-0.2, 0) is 14.3 Å². The summed E-state index contributed by atoms with van der Waals surface area (Å²) in [6.07, 6.45) is 3.67. The summed E-state index contributed by atoms with van der Waals surface area (Å²) < 4.78 is 5.50. The quantitative estimate of drug-likeness (QED) is 0.435. The molecule has 2 aliphatic heterocycles. The van der Waals surface area contributed by atoms with Gasteiger partial charge in [0, 0.05) is 42.0 Å². The first kappa shape index (κ1) is 25.3. The number of hydrogen-bond donors (Lipinski definition) is 2. The number of nitrogens with one attached hydrogen (secondary N) is 2. The molecule has 0 aliphatic carbocycles. The maximum absolute atomic E-state index is 12.7. The highest BCUT2D eigenvalue weighted by molar-refractivity contribution is 8.18. The lowest BCUT2D eigenvalue weighted by Gasteiger charge is -2.29. The Labute approximate surface area is 224 Å². The Kier molecular flexibility index (Phi) is 7.45. The second-order valence-electron chi connectivity index (χ2n) is 9.00. The first-order valence-corrected chi connectivity index (χ1v) is 13.2. The van der Waals surface area contributed by atoms with Crippen molar-refractivity contribution in [2.24, 2.45) is 10.9 Å². The Morgan fingerprint density at radius 1 is 1.22 bits per heavy atom. The number of anilines is 2. The van der Waals surface area contributed by atoms with Crippen molar-refractivity contribution in [1.29, 1.82) is 0 Å². The van der Waals surface area contributed by atoms with Gasteiger partial charge >= 0.3 is 0 Å². The zero-order valence-electron chi connectivity index (χ0n) is 20.5. The SMILES string of the molecule is CC(C)C(=O)Nc1ccc(Cl)c(N=C2NC(=O)C(=Cc3ccc4nccc(N5CCOCC5)c4c3)S2)c1. The van der Waals surface area contributed by atoms with Crippen LogP contribution in [0.1, 0.15) is 19.4 Å². The molecule has 5 rings (SSSR count). The van der Waals surface area contributed by atoms with Gasteiger partial charge in [0.25, 0.3) is 5.91 Å². The van der Waals surface area contributed by atoms with Gasteiger partial charge in [-0.3, -0.25) is 14.6 Å². The second-order valence-corrected chi connectivity index (χ2v) is 10.4. The summed E-state index contributed by atoms with van der Waals surface area (Å²) in [6, 6.07) is 13.1. The molecule has 2 N–H and O–H groups in total. The van der Waals surface area contributed by atoms with Crippen LogP contribution < -0.4 is 15.5 Å². The van der Waals surface area contributed by atoms with Crippen LogP contribution in [0.3, 0.4) is 0 Å². The van der Waals surface area contributed by atoms with Crippen LogP contribution in [0.4, 0.5) is 17.1 Å². The zero-order valence-corrected chi connectivity index (χ0v) is 22.0. The van der Waals surface area contributed by atoms with Crippen molar-refractivity contribution in [3.8, 4) is 0 Å². The van der Waals surface area contributed by atoms with E-state index >= 15 is 0 Å². The molecule has 0 atom stereocenters. The number of nitrogens with zero attached hydrogens (tertiary/aromatic N) is 3. The summed E-state index contributed by atoms with van der Waals surface area (Å²) in [5, 5.41) is 7.51. The van der Waals surface area contributed by atoms with Crippen molar-refractivity contribution in [1.82, 2.24) is 10.3 Å². The number of amides is 2. The van der Waals surface area contributed by atoms with Crippen LogP contribution in [0, 0.1) is 5.92 Å². The van der Waals surface area contributed by atoms with Gasteiger partial charge in [-0.25, -0.2) is 4.99 Å². The van der Waals surface area contributed by atoms with Gasteiger partial charge in [-0.1, -0.05) is 31.5 Å². The number of aliphatic imine (C=N–C) groups is 1. The zero-order chi connectivity index (χ0) is 25.9. The van der Waals surface area contributed by atoms with Gasteiger partial charge in [0.05, 0.1) is 34.3 Å². The van der Waals surface area contributed by atoms with Crippen LogP contribution in [-0.4, -0.2) is 48.3 Å². The van der Waals surface area contributed by atoms with Gasteiger partial charge in [0.15, 0.2) is 5.17 Å². The lowest BCUT2D eigenvalue weighted by atomic mass is 10.1. The van der Waals surface area contributed by atoms with E-state index in [-0.39, 0.29) is 17.7 Å². The molecule has 0 unspecified atom stereocenters. The van der Waals surface area contributed by atoms with Gasteiger partial charge in [-0.2, -0.15) is 0 Å². The number of pyridine rings is 1. The lowest BCUT2D eigenvalue weighted by Crippen LogP contribution is -2.36. The number of hydrogen-bond acceptors (Lipinski definition) is 7. The van der Waals surface area contributed by atoms with E-state index < -0.39 is 0 Å². The highest BCUT2D eigenvalue weighted by atomic mass is 35.5. The van der Waals surface area contributed by atoms with E-state index in [2.05, 4.69) is 31.6 Å². The van der Waals surface area contributed by atoms with E-state index in [0.717, 1.165) is 35.2 Å². The number of ether oxygens (including phenoxy) is 1. The molecule has 190 valence electrons. The first-order valence-electron chi connectivity index (χ1n) is 12.0. The molecule has 0 spiro atoms. The number of aromatic nitrogens is 1. The third-order valence-corrected chi connectivity index (χ3v) is 7.23. The Balaban J connectivity index is 1.40. The number of benzene rings is 2. The van der Waals surface area contributed by atoms with Gasteiger partial charge in [-0.15, -0.1) is 0 Å². The van der Waals surface area contributed by atoms with Gasteiger partial charge in [0.1, 0.15) is 0 Å². The molecule has 8 nitrogen and oxygen atoms in total. The van der Waals surface area contributed by atoms with Crippen molar-refractivity contribution in [3.63, 3.8) is 0 Å². The Morgan fingerprint density at radius 3 is 2.81 bits per heavy atom. The maximum Gasteiger partial charge on any atom is 0.264 e. The first-order chi connectivity index (χ1) is 17.9. The molecule has 2 fully saturated rings. The summed E-state index contributed by atoms with van der Waals surface area (Å²) >= 11 is 7.58. The van der Waals surface area contributed by atoms with Crippen molar-refractivity contribution < 1.29 is 14.3 Å². The van der Waals surface area contributed by atoms with Crippen LogP contribution in [0.25, 0.3) is 17.0 Å². The van der Waals surface area contributed by atoms with Gasteiger partial charge < -0.3 is 20.3 Å². The fourth-order valence-electron chi connectivity index (χ4n) is 4.02. The fourth-order valence-corrected chi connectivity index (χ4v) is 5.02. The lowest BCUT2D eigenvalue weighted by molar-refractivity contribution is -0.119. The molecule has 10 heteroatoms. The Morgan fingerprint density at radius 2 is 2.03 bits per heavy atom. The van der Waals surface area contributed by atoms with Gasteiger partial charge in [-0.05, 0) is 59.8 Å². The van der Waals surface area contributed by atoms with E-state index in [9.17, 15) is 9.59 Å². The average molecular weight is 536 g/mol. The molecule has 0 bridgehead atoms. The van der Waals surface area contributed by atoms with Crippen LogP contribution in [0.5, 0.6) is 0 Å². The molecule has 3 heterocycles. The molecule has 2 aliphatic rings. The summed E-state index contributed by atoms with van der Waals surface area (Å²) in [7, 11) is 0. The molecule has 2 amide bonds. The number of carbonyl (C=O) groups excluding carboxylic acids is 2. The monoisotopic (exact) mass is 535 g/mol. The third-order valence-electron chi connectivity index (χ3n) is 6.00. The van der Waals surface area contributed by atoms with Crippen LogP contribution >= 0.6 is 23.4 Å². The molecule has 37 heavy (non-hydrogen) atoms. The molecule has 3 aromatic rings. The molecule has 1 aromatic heterocycles. The summed E-state index contributed by atoms with van der Waals surface area (Å²) in [5.41, 5.74) is 3.95. The summed E-state index contributed by atoms with van der Waals surface area (Å²) in [5.74, 6) is -0.487. The summed E-state index contributed by atoms with van der Waals surface area (Å²) in [4.78, 5) is 36.6. The standard InChI is InChI=1S/C27H26ClN5O3S/c1-16(2)25(34)30-18-4-5-20(28)22(15-18)31-27-32-26(35)24(37-27)14-17-3-6-21-19(13-17)23(7-8-29-21)33-9-11-36-12-10-33/h3-8,13-16H,9-12H2,1-2H3,(H,30,34)(H,31,32,35). The van der Waals surface area contributed by atoms with E-state index in [1.165, 1.54) is 11.8 Å². The maximum atomic E-state index is 12.7. The molecule has 0 radical (unpaired) electrons.